The highest BCUT2D eigenvalue weighted by atomic mass is 16.5. The van der Waals surface area contributed by atoms with Gasteiger partial charge in [-0.1, -0.05) is 42.5 Å². The first-order valence-electron chi connectivity index (χ1n) is 6.27. The maximum Gasteiger partial charge on any atom is 0.115 e. The number of aromatic hydroxyl groups is 1. The zero-order valence-corrected chi connectivity index (χ0v) is 10.1. The van der Waals surface area contributed by atoms with Crippen LogP contribution >= 0.6 is 0 Å². The van der Waals surface area contributed by atoms with Crippen LogP contribution in [0.3, 0.4) is 0 Å². The Morgan fingerprint density at radius 2 is 1.89 bits per heavy atom. The second-order valence-electron chi connectivity index (χ2n) is 4.77. The van der Waals surface area contributed by atoms with Gasteiger partial charge in [-0.25, -0.2) is 0 Å². The predicted octanol–water partition coefficient (Wildman–Crippen LogP) is 3.46. The highest BCUT2D eigenvalue weighted by Gasteiger charge is 2.39. The Balaban J connectivity index is 1.56. The Labute approximate surface area is 107 Å². The molecule has 0 aliphatic heterocycles. The average molecular weight is 240 g/mol. The molecule has 0 radical (unpaired) electrons. The first-order valence-corrected chi connectivity index (χ1v) is 6.27. The molecule has 3 rings (SSSR count). The molecule has 0 spiro atoms. The van der Waals surface area contributed by atoms with Crippen LogP contribution in [-0.4, -0.2) is 11.2 Å². The van der Waals surface area contributed by atoms with Crippen molar-refractivity contribution in [3.05, 3.63) is 65.7 Å². The summed E-state index contributed by atoms with van der Waals surface area (Å²) in [6.07, 6.45) is 1.35. The molecule has 2 aromatic rings. The van der Waals surface area contributed by atoms with E-state index in [2.05, 4.69) is 18.2 Å². The van der Waals surface area contributed by atoms with Crippen LogP contribution in [0.4, 0.5) is 0 Å². The number of hydrogen-bond acceptors (Lipinski definition) is 2. The van der Waals surface area contributed by atoms with Gasteiger partial charge < -0.3 is 9.84 Å². The number of benzene rings is 2. The maximum atomic E-state index is 9.44. The second-order valence-corrected chi connectivity index (χ2v) is 4.77. The van der Waals surface area contributed by atoms with Crippen molar-refractivity contribution >= 4 is 0 Å². The van der Waals surface area contributed by atoms with E-state index in [0.29, 0.717) is 24.4 Å². The van der Waals surface area contributed by atoms with Gasteiger partial charge >= 0.3 is 0 Å². The van der Waals surface area contributed by atoms with Crippen LogP contribution in [0.1, 0.15) is 23.5 Å². The molecule has 1 fully saturated rings. The van der Waals surface area contributed by atoms with E-state index in [4.69, 9.17) is 4.74 Å². The fourth-order valence-corrected chi connectivity index (χ4v) is 2.24. The number of ether oxygens (including phenoxy) is 1. The van der Waals surface area contributed by atoms with Gasteiger partial charge in [0.25, 0.3) is 0 Å². The molecule has 1 saturated carbocycles. The van der Waals surface area contributed by atoms with Crippen LogP contribution in [0.25, 0.3) is 0 Å². The Morgan fingerprint density at radius 3 is 2.67 bits per heavy atom. The molecular weight excluding hydrogens is 224 g/mol. The van der Waals surface area contributed by atoms with Gasteiger partial charge in [-0.2, -0.15) is 0 Å². The van der Waals surface area contributed by atoms with Gasteiger partial charge in [-0.05, 0) is 29.7 Å². The van der Waals surface area contributed by atoms with Gasteiger partial charge in [0.15, 0.2) is 0 Å². The molecule has 1 aliphatic carbocycles. The lowest BCUT2D eigenvalue weighted by Crippen LogP contribution is -1.97. The third kappa shape index (κ3) is 2.54. The summed E-state index contributed by atoms with van der Waals surface area (Å²) in [5, 5.41) is 9.44. The van der Waals surface area contributed by atoms with Crippen molar-refractivity contribution in [3.8, 4) is 5.75 Å². The van der Waals surface area contributed by atoms with Crippen LogP contribution in [0.2, 0.25) is 0 Å². The van der Waals surface area contributed by atoms with Gasteiger partial charge in [-0.3, -0.25) is 0 Å². The van der Waals surface area contributed by atoms with Crippen molar-refractivity contribution in [1.82, 2.24) is 0 Å². The molecule has 18 heavy (non-hydrogen) atoms. The molecule has 0 aromatic heterocycles. The summed E-state index contributed by atoms with van der Waals surface area (Å²) in [4.78, 5) is 0. The van der Waals surface area contributed by atoms with Crippen LogP contribution in [0.15, 0.2) is 54.6 Å². The Hall–Kier alpha value is -1.80. The van der Waals surface area contributed by atoms with Gasteiger partial charge in [0, 0.05) is 5.92 Å². The van der Waals surface area contributed by atoms with E-state index in [0.717, 1.165) is 6.42 Å². The Bertz CT molecular complexity index is 522. The highest BCUT2D eigenvalue weighted by Crippen LogP contribution is 2.44. The van der Waals surface area contributed by atoms with Crippen LogP contribution in [-0.2, 0) is 11.3 Å². The van der Waals surface area contributed by atoms with Crippen molar-refractivity contribution < 1.29 is 9.84 Å². The lowest BCUT2D eigenvalue weighted by atomic mass is 10.1. The van der Waals surface area contributed by atoms with Crippen molar-refractivity contribution in [2.75, 3.05) is 0 Å². The minimum Gasteiger partial charge on any atom is -0.508 e. The standard InChI is InChI=1S/C16H16O2/c17-14-8-4-7-13(9-14)15-10-16(15)18-11-12-5-2-1-3-6-12/h1-9,15-17H,10-11H2. The molecule has 1 N–H and O–H groups in total. The van der Waals surface area contributed by atoms with E-state index in [1.54, 1.807) is 6.07 Å². The highest BCUT2D eigenvalue weighted by molar-refractivity contribution is 5.33. The van der Waals surface area contributed by atoms with Gasteiger partial charge in [0.05, 0.1) is 12.7 Å². The number of rotatable bonds is 4. The molecule has 2 atom stereocenters. The third-order valence-corrected chi connectivity index (χ3v) is 3.34. The minimum absolute atomic E-state index is 0.298. The molecule has 0 heterocycles. The smallest absolute Gasteiger partial charge is 0.115 e. The lowest BCUT2D eigenvalue weighted by molar-refractivity contribution is 0.102. The first kappa shape index (κ1) is 11.3. The molecule has 2 aromatic carbocycles. The Morgan fingerprint density at radius 1 is 1.06 bits per heavy atom. The van der Waals surface area contributed by atoms with Crippen LogP contribution < -0.4 is 0 Å². The topological polar surface area (TPSA) is 29.5 Å². The molecule has 0 bridgehead atoms. The minimum atomic E-state index is 0.298. The average Bonchev–Trinajstić information content (AvgIpc) is 3.17. The van der Waals surface area contributed by atoms with Gasteiger partial charge in [-0.15, -0.1) is 0 Å². The molecule has 0 amide bonds. The number of phenolic OH excluding ortho intramolecular Hbond substituents is 1. The summed E-state index contributed by atoms with van der Waals surface area (Å²) >= 11 is 0. The summed E-state index contributed by atoms with van der Waals surface area (Å²) in [6.45, 7) is 0.667. The zero-order chi connectivity index (χ0) is 12.4. The fraction of sp³-hybridized carbons (Fsp3) is 0.250. The molecule has 0 saturated heterocycles. The molecule has 2 unspecified atom stereocenters. The zero-order valence-electron chi connectivity index (χ0n) is 10.1. The molecule has 1 aliphatic rings. The van der Waals surface area contributed by atoms with Crippen molar-refractivity contribution in [2.45, 2.75) is 25.0 Å². The van der Waals surface area contributed by atoms with Crippen LogP contribution in [0, 0.1) is 0 Å². The van der Waals surface area contributed by atoms with Crippen molar-refractivity contribution in [3.63, 3.8) is 0 Å². The SMILES string of the molecule is Oc1cccc(C2CC2OCc2ccccc2)c1. The fourth-order valence-electron chi connectivity index (χ4n) is 2.24. The second kappa shape index (κ2) is 4.83. The number of phenols is 1. The monoisotopic (exact) mass is 240 g/mol. The van der Waals surface area contributed by atoms with E-state index < -0.39 is 0 Å². The summed E-state index contributed by atoms with van der Waals surface area (Å²) in [7, 11) is 0. The lowest BCUT2D eigenvalue weighted by Gasteiger charge is -2.04. The van der Waals surface area contributed by atoms with E-state index in [1.165, 1.54) is 11.1 Å². The molecule has 2 nitrogen and oxygen atoms in total. The van der Waals surface area contributed by atoms with E-state index in [-0.39, 0.29) is 0 Å². The summed E-state index contributed by atoms with van der Waals surface area (Å²) in [5.41, 5.74) is 2.38. The quantitative estimate of drug-likeness (QED) is 0.886. The summed E-state index contributed by atoms with van der Waals surface area (Å²) in [6, 6.07) is 17.7. The summed E-state index contributed by atoms with van der Waals surface area (Å²) in [5.74, 6) is 0.780. The van der Waals surface area contributed by atoms with Crippen molar-refractivity contribution in [1.29, 1.82) is 0 Å². The molecule has 2 heteroatoms. The largest absolute Gasteiger partial charge is 0.508 e. The Kier molecular flexibility index (Phi) is 3.03. The first-order chi connectivity index (χ1) is 8.83. The van der Waals surface area contributed by atoms with E-state index in [9.17, 15) is 5.11 Å². The van der Waals surface area contributed by atoms with Crippen molar-refractivity contribution in [2.24, 2.45) is 0 Å². The van der Waals surface area contributed by atoms with E-state index in [1.807, 2.05) is 30.3 Å². The van der Waals surface area contributed by atoms with Crippen LogP contribution in [0.5, 0.6) is 5.75 Å². The molecular formula is C16H16O2. The third-order valence-electron chi connectivity index (χ3n) is 3.34. The van der Waals surface area contributed by atoms with Gasteiger partial charge in [0.1, 0.15) is 5.75 Å². The predicted molar refractivity (Wildman–Crippen MR) is 70.5 cm³/mol. The van der Waals surface area contributed by atoms with Gasteiger partial charge in [0.2, 0.25) is 0 Å². The van der Waals surface area contributed by atoms with E-state index >= 15 is 0 Å². The number of hydrogen-bond donors (Lipinski definition) is 1. The maximum absolute atomic E-state index is 9.44. The normalized spacial score (nSPS) is 21.8. The molecule has 92 valence electrons. The summed E-state index contributed by atoms with van der Waals surface area (Å²) < 4.78 is 5.86.